The Labute approximate surface area is 133 Å². The van der Waals surface area contributed by atoms with E-state index in [1.807, 2.05) is 4.90 Å². The van der Waals surface area contributed by atoms with Crippen LogP contribution in [-0.4, -0.2) is 64.8 Å². The number of rotatable bonds is 3. The van der Waals surface area contributed by atoms with Gasteiger partial charge in [-0.1, -0.05) is 6.42 Å². The minimum Gasteiger partial charge on any atom is -0.393 e. The second kappa shape index (κ2) is 6.00. The molecule has 2 N–H and O–H groups in total. The molecule has 0 aromatic rings. The van der Waals surface area contributed by atoms with Gasteiger partial charge in [0.15, 0.2) is 0 Å². The van der Waals surface area contributed by atoms with Crippen molar-refractivity contribution in [2.75, 3.05) is 19.6 Å². The Morgan fingerprint density at radius 1 is 1.00 bits per heavy atom. The van der Waals surface area contributed by atoms with Gasteiger partial charge in [0, 0.05) is 43.7 Å². The number of aliphatic hydroxyl groups is 1. The fourth-order valence-corrected chi connectivity index (χ4v) is 4.84. The van der Waals surface area contributed by atoms with Crippen molar-refractivity contribution in [3.8, 4) is 0 Å². The molecule has 4 rings (SSSR count). The van der Waals surface area contributed by atoms with E-state index in [1.54, 1.807) is 0 Å². The Balaban J connectivity index is 1.33. The van der Waals surface area contributed by atoms with Crippen LogP contribution in [0.3, 0.4) is 0 Å². The van der Waals surface area contributed by atoms with Crippen molar-refractivity contribution >= 4 is 6.03 Å². The largest absolute Gasteiger partial charge is 0.393 e. The molecular weight excluding hydrogens is 278 g/mol. The smallest absolute Gasteiger partial charge is 0.317 e. The summed E-state index contributed by atoms with van der Waals surface area (Å²) in [6.07, 6.45) is 8.82. The molecule has 0 spiro atoms. The van der Waals surface area contributed by atoms with Crippen LogP contribution in [0.1, 0.15) is 51.4 Å². The van der Waals surface area contributed by atoms with Gasteiger partial charge in [-0.3, -0.25) is 4.90 Å². The molecule has 4 fully saturated rings. The zero-order valence-corrected chi connectivity index (χ0v) is 13.4. The number of aliphatic hydroxyl groups excluding tert-OH is 1. The Kier molecular flexibility index (Phi) is 4.03. The molecule has 2 saturated carbocycles. The number of nitrogens with one attached hydrogen (secondary N) is 1. The highest BCUT2D eigenvalue weighted by atomic mass is 16.3. The molecule has 2 aliphatic carbocycles. The van der Waals surface area contributed by atoms with Crippen LogP contribution in [0.5, 0.6) is 0 Å². The highest BCUT2D eigenvalue weighted by molar-refractivity contribution is 5.75. The van der Waals surface area contributed by atoms with Gasteiger partial charge in [0.05, 0.1) is 6.10 Å². The van der Waals surface area contributed by atoms with Crippen molar-refractivity contribution < 1.29 is 9.90 Å². The van der Waals surface area contributed by atoms with E-state index in [9.17, 15) is 9.90 Å². The molecule has 22 heavy (non-hydrogen) atoms. The highest BCUT2D eigenvalue weighted by Crippen LogP contribution is 2.36. The van der Waals surface area contributed by atoms with Crippen molar-refractivity contribution in [1.29, 1.82) is 0 Å². The first-order chi connectivity index (χ1) is 10.7. The molecular formula is C17H29N3O2. The summed E-state index contributed by atoms with van der Waals surface area (Å²) in [6.45, 7) is 3.03. The second-order valence-electron chi connectivity index (χ2n) is 7.73. The first-order valence-electron chi connectivity index (χ1n) is 9.21. The molecule has 4 aliphatic rings. The second-order valence-corrected chi connectivity index (χ2v) is 7.73. The van der Waals surface area contributed by atoms with E-state index in [2.05, 4.69) is 10.2 Å². The van der Waals surface area contributed by atoms with Crippen molar-refractivity contribution in [1.82, 2.24) is 15.1 Å². The van der Waals surface area contributed by atoms with Gasteiger partial charge in [-0.15, -0.1) is 0 Å². The van der Waals surface area contributed by atoms with Crippen LogP contribution in [0.2, 0.25) is 0 Å². The highest BCUT2D eigenvalue weighted by Gasteiger charge is 2.41. The third kappa shape index (κ3) is 2.85. The summed E-state index contributed by atoms with van der Waals surface area (Å²) in [5.41, 5.74) is 0. The molecule has 2 heterocycles. The zero-order chi connectivity index (χ0) is 15.1. The fraction of sp³-hybridized carbons (Fsp3) is 0.941. The van der Waals surface area contributed by atoms with Crippen molar-refractivity contribution in [3.05, 3.63) is 0 Å². The summed E-state index contributed by atoms with van der Waals surface area (Å²) in [5, 5.41) is 13.4. The first kappa shape index (κ1) is 14.8. The lowest BCUT2D eigenvalue weighted by molar-refractivity contribution is 0.0836. The standard InChI is InChI=1S/C17H29N3O2/c21-16-5-1-3-14(16)15-4-2-9-20(15)17(22)18-12-8-10-19(11-12)13-6-7-13/h12-16,21H,1-11H2,(H,18,22). The first-order valence-corrected chi connectivity index (χ1v) is 9.21. The van der Waals surface area contributed by atoms with Crippen LogP contribution in [0.4, 0.5) is 4.79 Å². The van der Waals surface area contributed by atoms with Gasteiger partial charge in [0.25, 0.3) is 0 Å². The Hall–Kier alpha value is -0.810. The minimum absolute atomic E-state index is 0.115. The van der Waals surface area contributed by atoms with E-state index in [4.69, 9.17) is 0 Å². The van der Waals surface area contributed by atoms with Crippen molar-refractivity contribution in [2.24, 2.45) is 5.92 Å². The molecule has 124 valence electrons. The summed E-state index contributed by atoms with van der Waals surface area (Å²) in [4.78, 5) is 17.2. The average molecular weight is 307 g/mol. The SMILES string of the molecule is O=C(NC1CCN(C2CC2)C1)N1CCCC1C1CCCC1O. The van der Waals surface area contributed by atoms with Gasteiger partial charge in [-0.25, -0.2) is 4.79 Å². The molecule has 0 radical (unpaired) electrons. The Morgan fingerprint density at radius 2 is 1.86 bits per heavy atom. The minimum atomic E-state index is -0.199. The number of likely N-dealkylation sites (tertiary alicyclic amines) is 2. The summed E-state index contributed by atoms with van der Waals surface area (Å²) in [5.74, 6) is 0.305. The summed E-state index contributed by atoms with van der Waals surface area (Å²) < 4.78 is 0. The zero-order valence-electron chi connectivity index (χ0n) is 13.4. The number of hydrogen-bond acceptors (Lipinski definition) is 3. The van der Waals surface area contributed by atoms with Crippen molar-refractivity contribution in [2.45, 2.75) is 75.6 Å². The van der Waals surface area contributed by atoms with Crippen LogP contribution in [0.15, 0.2) is 0 Å². The molecule has 2 saturated heterocycles. The molecule has 2 amide bonds. The van der Waals surface area contributed by atoms with Gasteiger partial charge < -0.3 is 15.3 Å². The molecule has 5 heteroatoms. The van der Waals surface area contributed by atoms with E-state index in [0.717, 1.165) is 64.2 Å². The quantitative estimate of drug-likeness (QED) is 0.832. The molecule has 4 atom stereocenters. The van der Waals surface area contributed by atoms with Crippen molar-refractivity contribution in [3.63, 3.8) is 0 Å². The van der Waals surface area contributed by atoms with Gasteiger partial charge in [-0.2, -0.15) is 0 Å². The Morgan fingerprint density at radius 3 is 2.59 bits per heavy atom. The lowest BCUT2D eigenvalue weighted by atomic mass is 9.94. The fourth-order valence-electron chi connectivity index (χ4n) is 4.84. The van der Waals surface area contributed by atoms with Gasteiger partial charge in [0.2, 0.25) is 0 Å². The Bertz CT molecular complexity index is 426. The number of urea groups is 1. The van der Waals surface area contributed by atoms with Crippen LogP contribution >= 0.6 is 0 Å². The predicted molar refractivity (Wildman–Crippen MR) is 84.6 cm³/mol. The number of carbonyl (C=O) groups excluding carboxylic acids is 1. The van der Waals surface area contributed by atoms with E-state index in [1.165, 1.54) is 12.8 Å². The van der Waals surface area contributed by atoms with Gasteiger partial charge >= 0.3 is 6.03 Å². The maximum Gasteiger partial charge on any atom is 0.317 e. The third-order valence-electron chi connectivity index (χ3n) is 6.20. The van der Waals surface area contributed by atoms with E-state index >= 15 is 0 Å². The lowest BCUT2D eigenvalue weighted by Gasteiger charge is -2.32. The van der Waals surface area contributed by atoms with Crippen LogP contribution in [0.25, 0.3) is 0 Å². The average Bonchev–Trinajstić information content (AvgIpc) is 2.90. The summed E-state index contributed by atoms with van der Waals surface area (Å²) >= 11 is 0. The van der Waals surface area contributed by atoms with E-state index in [0.29, 0.717) is 12.0 Å². The lowest BCUT2D eigenvalue weighted by Crippen LogP contribution is -2.50. The number of nitrogens with zero attached hydrogens (tertiary/aromatic N) is 2. The third-order valence-corrected chi connectivity index (χ3v) is 6.20. The molecule has 2 aliphatic heterocycles. The topological polar surface area (TPSA) is 55.8 Å². The number of carbonyl (C=O) groups is 1. The predicted octanol–water partition coefficient (Wildman–Crippen LogP) is 1.56. The van der Waals surface area contributed by atoms with Crippen LogP contribution in [0, 0.1) is 5.92 Å². The van der Waals surface area contributed by atoms with E-state index < -0.39 is 0 Å². The molecule has 4 unspecified atom stereocenters. The van der Waals surface area contributed by atoms with E-state index in [-0.39, 0.29) is 18.2 Å². The maximum atomic E-state index is 12.7. The molecule has 0 aromatic heterocycles. The number of amides is 2. The normalized spacial score (nSPS) is 39.6. The monoisotopic (exact) mass is 307 g/mol. The molecule has 0 aromatic carbocycles. The van der Waals surface area contributed by atoms with Gasteiger partial charge in [0.1, 0.15) is 0 Å². The van der Waals surface area contributed by atoms with Crippen LogP contribution < -0.4 is 5.32 Å². The number of hydrogen-bond donors (Lipinski definition) is 2. The molecule has 0 bridgehead atoms. The van der Waals surface area contributed by atoms with Crippen LogP contribution in [-0.2, 0) is 0 Å². The summed E-state index contributed by atoms with van der Waals surface area (Å²) in [6, 6.07) is 1.50. The molecule has 5 nitrogen and oxygen atoms in total. The van der Waals surface area contributed by atoms with Gasteiger partial charge in [-0.05, 0) is 44.9 Å². The maximum absolute atomic E-state index is 12.7. The summed E-state index contributed by atoms with van der Waals surface area (Å²) in [7, 11) is 0.